The van der Waals surface area contributed by atoms with E-state index in [9.17, 15) is 4.79 Å². The van der Waals surface area contributed by atoms with Crippen LogP contribution in [-0.4, -0.2) is 66.6 Å². The molecule has 0 saturated heterocycles. The predicted octanol–water partition coefficient (Wildman–Crippen LogP) is 0.959. The topological polar surface area (TPSA) is 59.0 Å². The lowest BCUT2D eigenvalue weighted by Crippen LogP contribution is -2.28. The summed E-state index contributed by atoms with van der Waals surface area (Å²) >= 11 is 1.26. The second-order valence-corrected chi connectivity index (χ2v) is 4.77. The van der Waals surface area contributed by atoms with E-state index in [0.29, 0.717) is 25.5 Å². The lowest BCUT2D eigenvalue weighted by molar-refractivity contribution is -0.156. The maximum atomic E-state index is 11.6. The Labute approximate surface area is 114 Å². The number of nitrogens with zero attached hydrogens (tertiary/aromatic N) is 1. The molecule has 0 aliphatic carbocycles. The van der Waals surface area contributed by atoms with Gasteiger partial charge in [0.2, 0.25) is 5.12 Å². The highest BCUT2D eigenvalue weighted by atomic mass is 32.2. The van der Waals surface area contributed by atoms with Gasteiger partial charge in [0, 0.05) is 12.4 Å². The summed E-state index contributed by atoms with van der Waals surface area (Å²) in [7, 11) is 0. The Hall–Kier alpha value is -0.140. The molecule has 5 nitrogen and oxygen atoms in total. The average molecular weight is 279 g/mol. The van der Waals surface area contributed by atoms with Crippen LogP contribution in [0.15, 0.2) is 0 Å². The van der Waals surface area contributed by atoms with Gasteiger partial charge < -0.3 is 14.6 Å². The van der Waals surface area contributed by atoms with E-state index in [1.54, 1.807) is 0 Å². The van der Waals surface area contributed by atoms with Crippen LogP contribution in [0, 0.1) is 0 Å². The van der Waals surface area contributed by atoms with Crippen molar-refractivity contribution in [3.63, 3.8) is 0 Å². The third-order valence-electron chi connectivity index (χ3n) is 2.40. The number of aliphatic hydroxyl groups excluding tert-OH is 1. The van der Waals surface area contributed by atoms with Gasteiger partial charge in [-0.2, -0.15) is 0 Å². The smallest absolute Gasteiger partial charge is 0.203 e. The van der Waals surface area contributed by atoms with Crippen LogP contribution in [0.3, 0.4) is 0 Å². The first-order chi connectivity index (χ1) is 8.67. The Morgan fingerprint density at radius 1 is 1.28 bits per heavy atom. The minimum atomic E-state index is -0.575. The second kappa shape index (κ2) is 11.9. The van der Waals surface area contributed by atoms with E-state index in [1.165, 1.54) is 11.8 Å². The van der Waals surface area contributed by atoms with E-state index in [0.717, 1.165) is 13.1 Å². The van der Waals surface area contributed by atoms with E-state index < -0.39 is 6.29 Å². The molecule has 0 bridgehead atoms. The summed E-state index contributed by atoms with van der Waals surface area (Å²) in [5.41, 5.74) is 0. The van der Waals surface area contributed by atoms with Crippen LogP contribution in [0.25, 0.3) is 0 Å². The molecule has 0 aromatic heterocycles. The van der Waals surface area contributed by atoms with Crippen LogP contribution < -0.4 is 0 Å². The maximum absolute atomic E-state index is 11.6. The standard InChI is InChI=1S/C12H25NO4S/c1-4-13(5-2)9-11(15)18-8-7-17-12(10-14)16-6-3/h12,14H,4-10H2,1-3H3. The van der Waals surface area contributed by atoms with Crippen LogP contribution in [0.2, 0.25) is 0 Å². The van der Waals surface area contributed by atoms with Crippen molar-refractivity contribution in [1.82, 2.24) is 4.90 Å². The highest BCUT2D eigenvalue weighted by Crippen LogP contribution is 2.05. The van der Waals surface area contributed by atoms with Gasteiger partial charge in [0.05, 0.1) is 19.8 Å². The van der Waals surface area contributed by atoms with Gasteiger partial charge in [0.1, 0.15) is 0 Å². The van der Waals surface area contributed by atoms with Crippen molar-refractivity contribution in [2.24, 2.45) is 0 Å². The van der Waals surface area contributed by atoms with Gasteiger partial charge in [-0.25, -0.2) is 0 Å². The molecule has 0 aliphatic heterocycles. The summed E-state index contributed by atoms with van der Waals surface area (Å²) < 4.78 is 10.4. The van der Waals surface area contributed by atoms with Crippen molar-refractivity contribution in [3.8, 4) is 0 Å². The molecule has 108 valence electrons. The van der Waals surface area contributed by atoms with Gasteiger partial charge in [0.25, 0.3) is 0 Å². The largest absolute Gasteiger partial charge is 0.391 e. The summed E-state index contributed by atoms with van der Waals surface area (Å²) in [6.07, 6.45) is -0.575. The molecule has 1 atom stereocenters. The predicted molar refractivity (Wildman–Crippen MR) is 73.7 cm³/mol. The molecule has 6 heteroatoms. The van der Waals surface area contributed by atoms with Crippen molar-refractivity contribution in [2.75, 3.05) is 45.2 Å². The number of rotatable bonds is 11. The van der Waals surface area contributed by atoms with Crippen molar-refractivity contribution in [3.05, 3.63) is 0 Å². The van der Waals surface area contributed by atoms with Crippen molar-refractivity contribution in [2.45, 2.75) is 27.1 Å². The first-order valence-electron chi connectivity index (χ1n) is 6.39. The van der Waals surface area contributed by atoms with Crippen molar-refractivity contribution < 1.29 is 19.4 Å². The molecule has 0 fully saturated rings. The molecule has 0 amide bonds. The van der Waals surface area contributed by atoms with E-state index in [2.05, 4.69) is 4.90 Å². The first kappa shape index (κ1) is 17.9. The number of aliphatic hydroxyl groups is 1. The summed E-state index contributed by atoms with van der Waals surface area (Å²) in [6, 6.07) is 0. The van der Waals surface area contributed by atoms with E-state index in [1.807, 2.05) is 20.8 Å². The van der Waals surface area contributed by atoms with Crippen LogP contribution in [0.4, 0.5) is 0 Å². The molecule has 0 aromatic rings. The Balaban J connectivity index is 3.61. The highest BCUT2D eigenvalue weighted by molar-refractivity contribution is 8.13. The summed E-state index contributed by atoms with van der Waals surface area (Å²) in [5, 5.41) is 9.07. The van der Waals surface area contributed by atoms with E-state index >= 15 is 0 Å². The van der Waals surface area contributed by atoms with Gasteiger partial charge in [-0.15, -0.1) is 0 Å². The summed E-state index contributed by atoms with van der Waals surface area (Å²) in [4.78, 5) is 13.7. The summed E-state index contributed by atoms with van der Waals surface area (Å²) in [5.74, 6) is 0.587. The van der Waals surface area contributed by atoms with Gasteiger partial charge >= 0.3 is 0 Å². The number of likely N-dealkylation sites (N-methyl/N-ethyl adjacent to an activating group) is 1. The number of hydrogen-bond acceptors (Lipinski definition) is 6. The Morgan fingerprint density at radius 2 is 1.94 bits per heavy atom. The normalized spacial score (nSPS) is 12.9. The second-order valence-electron chi connectivity index (χ2n) is 3.62. The monoisotopic (exact) mass is 279 g/mol. The molecule has 0 radical (unpaired) electrons. The molecule has 0 spiro atoms. The number of carbonyl (C=O) groups excluding carboxylic acids is 1. The molecular weight excluding hydrogens is 254 g/mol. The third kappa shape index (κ3) is 8.88. The lowest BCUT2D eigenvalue weighted by Gasteiger charge is -2.17. The van der Waals surface area contributed by atoms with Crippen LogP contribution in [-0.2, 0) is 14.3 Å². The van der Waals surface area contributed by atoms with Gasteiger partial charge in [-0.3, -0.25) is 9.69 Å². The Morgan fingerprint density at radius 3 is 2.44 bits per heavy atom. The fourth-order valence-corrected chi connectivity index (χ4v) is 2.03. The van der Waals surface area contributed by atoms with Gasteiger partial charge in [0.15, 0.2) is 6.29 Å². The van der Waals surface area contributed by atoms with Crippen LogP contribution >= 0.6 is 11.8 Å². The van der Waals surface area contributed by atoms with Crippen molar-refractivity contribution in [1.29, 1.82) is 0 Å². The Bertz CT molecular complexity index is 212. The molecule has 0 aromatic carbocycles. The number of thioether (sulfide) groups is 1. The van der Waals surface area contributed by atoms with Crippen LogP contribution in [0.1, 0.15) is 20.8 Å². The zero-order chi connectivity index (χ0) is 13.8. The quantitative estimate of drug-likeness (QED) is 0.449. The number of hydrogen-bond donors (Lipinski definition) is 1. The molecule has 0 aliphatic rings. The maximum Gasteiger partial charge on any atom is 0.203 e. The molecule has 0 heterocycles. The molecular formula is C12H25NO4S. The third-order valence-corrected chi connectivity index (χ3v) is 3.22. The Kier molecular flexibility index (Phi) is 11.8. The number of carbonyl (C=O) groups is 1. The zero-order valence-corrected chi connectivity index (χ0v) is 12.4. The molecule has 1 unspecified atom stereocenters. The van der Waals surface area contributed by atoms with Crippen molar-refractivity contribution >= 4 is 16.9 Å². The first-order valence-corrected chi connectivity index (χ1v) is 7.38. The minimum absolute atomic E-state index is 0.152. The molecule has 1 N–H and O–H groups in total. The fraction of sp³-hybridized carbons (Fsp3) is 0.917. The minimum Gasteiger partial charge on any atom is -0.391 e. The highest BCUT2D eigenvalue weighted by Gasteiger charge is 2.09. The van der Waals surface area contributed by atoms with Gasteiger partial charge in [-0.05, 0) is 20.0 Å². The molecule has 18 heavy (non-hydrogen) atoms. The average Bonchev–Trinajstić information content (AvgIpc) is 2.39. The van der Waals surface area contributed by atoms with Crippen LogP contribution in [0.5, 0.6) is 0 Å². The SMILES string of the molecule is CCOC(CO)OCCSC(=O)CN(CC)CC. The van der Waals surface area contributed by atoms with E-state index in [4.69, 9.17) is 14.6 Å². The lowest BCUT2D eigenvalue weighted by atomic mass is 10.5. The van der Waals surface area contributed by atoms with E-state index in [-0.39, 0.29) is 11.7 Å². The molecule has 0 saturated carbocycles. The molecule has 0 rings (SSSR count). The zero-order valence-electron chi connectivity index (χ0n) is 11.6. The number of ether oxygens (including phenoxy) is 2. The van der Waals surface area contributed by atoms with Gasteiger partial charge in [-0.1, -0.05) is 25.6 Å². The fourth-order valence-electron chi connectivity index (χ4n) is 1.35. The summed E-state index contributed by atoms with van der Waals surface area (Å²) in [6.45, 7) is 8.91.